The van der Waals surface area contributed by atoms with Gasteiger partial charge in [0.1, 0.15) is 4.88 Å². The van der Waals surface area contributed by atoms with E-state index in [1.54, 1.807) is 17.5 Å². The maximum absolute atomic E-state index is 12.2. The van der Waals surface area contributed by atoms with Crippen LogP contribution in [0.1, 0.15) is 25.6 Å². The van der Waals surface area contributed by atoms with Crippen LogP contribution in [-0.2, 0) is 4.74 Å². The molecule has 0 aliphatic heterocycles. The molecule has 1 amide bonds. The van der Waals surface area contributed by atoms with Gasteiger partial charge in [-0.05, 0) is 23.9 Å². The first-order valence-corrected chi connectivity index (χ1v) is 6.92. The fourth-order valence-electron chi connectivity index (χ4n) is 1.66. The Balaban J connectivity index is 2.23. The van der Waals surface area contributed by atoms with Crippen LogP contribution in [0.5, 0.6) is 5.88 Å². The van der Waals surface area contributed by atoms with Crippen molar-refractivity contribution in [2.45, 2.75) is 6.92 Å². The number of pyridine rings is 1. The summed E-state index contributed by atoms with van der Waals surface area (Å²) in [7, 11) is 2.80. The molecule has 2 aromatic heterocycles. The van der Waals surface area contributed by atoms with Crippen LogP contribution < -0.4 is 10.1 Å². The zero-order valence-corrected chi connectivity index (χ0v) is 12.6. The molecule has 0 bridgehead atoms. The number of hydrogen-bond donors (Lipinski definition) is 1. The van der Waals surface area contributed by atoms with E-state index < -0.39 is 5.97 Å². The van der Waals surface area contributed by atoms with Crippen LogP contribution in [0.2, 0.25) is 0 Å². The molecule has 0 fully saturated rings. The molecule has 0 aliphatic carbocycles. The Morgan fingerprint density at radius 1 is 1.29 bits per heavy atom. The number of esters is 1. The Morgan fingerprint density at radius 2 is 2.05 bits per heavy atom. The van der Waals surface area contributed by atoms with Crippen LogP contribution in [-0.4, -0.2) is 31.1 Å². The van der Waals surface area contributed by atoms with E-state index in [4.69, 9.17) is 9.47 Å². The predicted octanol–water partition coefficient (Wildman–Crippen LogP) is 2.50. The number of carbonyl (C=O) groups excluding carboxylic acids is 2. The molecule has 0 unspecified atom stereocenters. The van der Waals surface area contributed by atoms with Gasteiger partial charge in [0.25, 0.3) is 5.91 Å². The molecule has 2 heterocycles. The van der Waals surface area contributed by atoms with Crippen molar-refractivity contribution in [3.8, 4) is 5.88 Å². The van der Waals surface area contributed by atoms with Gasteiger partial charge in [-0.1, -0.05) is 0 Å². The lowest BCUT2D eigenvalue weighted by atomic mass is 10.2. The SMILES string of the molecule is COC(=O)c1scc(C)c1NC(=O)c1ccc(OC)nc1. The standard InChI is InChI=1S/C14H14N2O4S/c1-8-7-21-12(14(18)20-3)11(8)16-13(17)9-4-5-10(19-2)15-6-9/h4-7H,1-3H3,(H,16,17). The van der Waals surface area contributed by atoms with Crippen molar-refractivity contribution in [1.29, 1.82) is 0 Å². The third-order valence-corrected chi connectivity index (χ3v) is 3.87. The first-order valence-electron chi connectivity index (χ1n) is 6.04. The number of carbonyl (C=O) groups is 2. The van der Waals surface area contributed by atoms with Gasteiger partial charge in [0.05, 0.1) is 25.5 Å². The summed E-state index contributed by atoms with van der Waals surface area (Å²) in [4.78, 5) is 28.2. The minimum absolute atomic E-state index is 0.350. The van der Waals surface area contributed by atoms with Gasteiger partial charge >= 0.3 is 5.97 Å². The molecular weight excluding hydrogens is 292 g/mol. The van der Waals surface area contributed by atoms with Crippen molar-refractivity contribution in [3.05, 3.63) is 39.7 Å². The van der Waals surface area contributed by atoms with Gasteiger partial charge in [0, 0.05) is 12.3 Å². The largest absolute Gasteiger partial charge is 0.481 e. The van der Waals surface area contributed by atoms with Crippen LogP contribution >= 0.6 is 11.3 Å². The average Bonchev–Trinajstić information content (AvgIpc) is 2.87. The number of thiophene rings is 1. The van der Waals surface area contributed by atoms with E-state index in [1.807, 2.05) is 6.92 Å². The first kappa shape index (κ1) is 15.0. The van der Waals surface area contributed by atoms with Crippen molar-refractivity contribution in [2.24, 2.45) is 0 Å². The van der Waals surface area contributed by atoms with Crippen molar-refractivity contribution in [2.75, 3.05) is 19.5 Å². The second kappa shape index (κ2) is 6.36. The molecule has 0 aromatic carbocycles. The summed E-state index contributed by atoms with van der Waals surface area (Å²) in [5.74, 6) is -0.401. The van der Waals surface area contributed by atoms with E-state index in [2.05, 4.69) is 10.3 Å². The number of methoxy groups -OCH3 is 2. The highest BCUT2D eigenvalue weighted by atomic mass is 32.1. The topological polar surface area (TPSA) is 77.5 Å². The number of hydrogen-bond acceptors (Lipinski definition) is 6. The normalized spacial score (nSPS) is 10.0. The van der Waals surface area contributed by atoms with Crippen LogP contribution in [0.25, 0.3) is 0 Å². The monoisotopic (exact) mass is 306 g/mol. The molecule has 0 spiro atoms. The summed E-state index contributed by atoms with van der Waals surface area (Å²) in [5.41, 5.74) is 1.64. The molecule has 2 aromatic rings. The number of nitrogens with zero attached hydrogens (tertiary/aromatic N) is 1. The van der Waals surface area contributed by atoms with E-state index in [9.17, 15) is 9.59 Å². The number of ether oxygens (including phenoxy) is 2. The number of aromatic nitrogens is 1. The molecule has 0 saturated heterocycles. The maximum atomic E-state index is 12.2. The Kier molecular flexibility index (Phi) is 4.54. The smallest absolute Gasteiger partial charge is 0.350 e. The van der Waals surface area contributed by atoms with Gasteiger partial charge in [0.15, 0.2) is 0 Å². The third kappa shape index (κ3) is 3.19. The summed E-state index contributed by atoms with van der Waals surface area (Å²) < 4.78 is 9.64. The lowest BCUT2D eigenvalue weighted by molar-refractivity contribution is 0.0607. The van der Waals surface area contributed by atoms with Gasteiger partial charge in [-0.15, -0.1) is 11.3 Å². The highest BCUT2D eigenvalue weighted by molar-refractivity contribution is 7.12. The van der Waals surface area contributed by atoms with Crippen LogP contribution in [0.15, 0.2) is 23.7 Å². The van der Waals surface area contributed by atoms with Gasteiger partial charge in [-0.25, -0.2) is 9.78 Å². The Morgan fingerprint density at radius 3 is 2.62 bits per heavy atom. The van der Waals surface area contributed by atoms with Crippen LogP contribution in [0.3, 0.4) is 0 Å². The van der Waals surface area contributed by atoms with Crippen LogP contribution in [0.4, 0.5) is 5.69 Å². The van der Waals surface area contributed by atoms with Crippen LogP contribution in [0, 0.1) is 6.92 Å². The first-order chi connectivity index (χ1) is 10.1. The summed E-state index contributed by atoms with van der Waals surface area (Å²) in [6.45, 7) is 1.81. The molecule has 6 nitrogen and oxygen atoms in total. The number of anilines is 1. The molecule has 21 heavy (non-hydrogen) atoms. The average molecular weight is 306 g/mol. The molecule has 0 radical (unpaired) electrons. The summed E-state index contributed by atoms with van der Waals surface area (Å²) >= 11 is 1.23. The minimum Gasteiger partial charge on any atom is -0.481 e. The summed E-state index contributed by atoms with van der Waals surface area (Å²) in [6.07, 6.45) is 1.41. The molecule has 2 rings (SSSR count). The van der Waals surface area contributed by atoms with E-state index in [0.717, 1.165) is 5.56 Å². The lowest BCUT2D eigenvalue weighted by Crippen LogP contribution is -2.15. The summed E-state index contributed by atoms with van der Waals surface area (Å²) in [5, 5.41) is 4.50. The molecule has 0 atom stereocenters. The van der Waals surface area contributed by atoms with Crippen molar-refractivity contribution in [3.63, 3.8) is 0 Å². The maximum Gasteiger partial charge on any atom is 0.350 e. The second-order valence-electron chi connectivity index (χ2n) is 4.16. The lowest BCUT2D eigenvalue weighted by Gasteiger charge is -2.07. The van der Waals surface area contributed by atoms with Crippen molar-refractivity contribution < 1.29 is 19.1 Å². The zero-order valence-electron chi connectivity index (χ0n) is 11.8. The van der Waals surface area contributed by atoms with Gasteiger partial charge in [-0.3, -0.25) is 4.79 Å². The minimum atomic E-state index is -0.476. The molecule has 0 saturated carbocycles. The number of nitrogens with one attached hydrogen (secondary N) is 1. The Labute approximate surface area is 125 Å². The third-order valence-electron chi connectivity index (χ3n) is 2.79. The summed E-state index contributed by atoms with van der Waals surface area (Å²) in [6, 6.07) is 3.19. The number of aryl methyl sites for hydroxylation is 1. The highest BCUT2D eigenvalue weighted by Crippen LogP contribution is 2.28. The fraction of sp³-hybridized carbons (Fsp3) is 0.214. The molecular formula is C14H14N2O4S. The Bertz CT molecular complexity index is 664. The van der Waals surface area contributed by atoms with Gasteiger partial charge in [0.2, 0.25) is 5.88 Å². The molecule has 1 N–H and O–H groups in total. The number of rotatable bonds is 4. The Hall–Kier alpha value is -2.41. The second-order valence-corrected chi connectivity index (χ2v) is 5.04. The van der Waals surface area contributed by atoms with Crippen molar-refractivity contribution in [1.82, 2.24) is 4.98 Å². The van der Waals surface area contributed by atoms with E-state index in [0.29, 0.717) is 22.0 Å². The fourth-order valence-corrected chi connectivity index (χ4v) is 2.59. The zero-order chi connectivity index (χ0) is 15.4. The van der Waals surface area contributed by atoms with Crippen molar-refractivity contribution >= 4 is 28.9 Å². The predicted molar refractivity (Wildman–Crippen MR) is 79.1 cm³/mol. The molecule has 110 valence electrons. The van der Waals surface area contributed by atoms with E-state index in [1.165, 1.54) is 31.8 Å². The quantitative estimate of drug-likeness (QED) is 0.878. The molecule has 7 heteroatoms. The van der Waals surface area contributed by atoms with Gasteiger partial charge in [-0.2, -0.15) is 0 Å². The molecule has 0 aliphatic rings. The number of amides is 1. The van der Waals surface area contributed by atoms with E-state index in [-0.39, 0.29) is 5.91 Å². The highest BCUT2D eigenvalue weighted by Gasteiger charge is 2.19. The van der Waals surface area contributed by atoms with Gasteiger partial charge < -0.3 is 14.8 Å². The van der Waals surface area contributed by atoms with E-state index >= 15 is 0 Å².